The summed E-state index contributed by atoms with van der Waals surface area (Å²) in [5.74, 6) is -0.160. The monoisotopic (exact) mass is 424 g/mol. The number of rotatable bonds is 4. The lowest BCUT2D eigenvalue weighted by Crippen LogP contribution is -2.07. The molecule has 3 heterocycles. The number of aromatic nitrogens is 4. The molecule has 0 unspecified atom stereocenters. The number of benzene rings is 1. The third-order valence-corrected chi connectivity index (χ3v) is 5.48. The summed E-state index contributed by atoms with van der Waals surface area (Å²) in [6.45, 7) is 1.81. The Bertz CT molecular complexity index is 1210. The van der Waals surface area contributed by atoms with Crippen LogP contribution in [0.2, 0.25) is 5.02 Å². The van der Waals surface area contributed by atoms with E-state index in [2.05, 4.69) is 15.2 Å². The molecule has 5 nitrogen and oxygen atoms in total. The number of fused-ring (bicyclic) bond motifs is 2. The lowest BCUT2D eigenvalue weighted by Gasteiger charge is -2.08. The molecular weight excluding hydrogens is 413 g/mol. The number of carbonyl (C=O) groups is 1. The Labute approximate surface area is 165 Å². The summed E-state index contributed by atoms with van der Waals surface area (Å²) in [7, 11) is 0. The minimum Gasteiger partial charge on any atom is -0.358 e. The first-order valence-corrected chi connectivity index (χ1v) is 9.47. The summed E-state index contributed by atoms with van der Waals surface area (Å²) in [6.07, 6.45) is -3.67. The lowest BCUT2D eigenvalue weighted by molar-refractivity contribution is -0.137. The largest absolute Gasteiger partial charge is 0.417 e. The normalized spacial score (nSPS) is 12.2. The first kappa shape index (κ1) is 18.8. The van der Waals surface area contributed by atoms with Gasteiger partial charge in [0.05, 0.1) is 16.3 Å². The van der Waals surface area contributed by atoms with Crippen LogP contribution in [-0.4, -0.2) is 31.1 Å². The molecule has 4 aromatic rings. The van der Waals surface area contributed by atoms with E-state index in [1.54, 1.807) is 6.92 Å². The Kier molecular flexibility index (Phi) is 4.59. The molecule has 4 rings (SSSR count). The smallest absolute Gasteiger partial charge is 0.358 e. The highest BCUT2D eigenvalue weighted by Gasteiger charge is 2.32. The molecule has 28 heavy (non-hydrogen) atoms. The molecule has 0 saturated heterocycles. The van der Waals surface area contributed by atoms with Crippen molar-refractivity contribution < 1.29 is 18.0 Å². The third kappa shape index (κ3) is 3.24. The van der Waals surface area contributed by atoms with Gasteiger partial charge in [0.15, 0.2) is 16.6 Å². The van der Waals surface area contributed by atoms with E-state index >= 15 is 0 Å². The number of alkyl halides is 3. The number of pyridine rings is 1. The molecule has 0 bridgehead atoms. The Hall–Kier alpha value is -2.52. The summed E-state index contributed by atoms with van der Waals surface area (Å²) in [6, 6.07) is 8.23. The van der Waals surface area contributed by atoms with Crippen LogP contribution in [0.3, 0.4) is 0 Å². The van der Waals surface area contributed by atoms with Crippen LogP contribution in [-0.2, 0) is 6.18 Å². The van der Waals surface area contributed by atoms with Crippen molar-refractivity contribution in [2.24, 2.45) is 0 Å². The Morgan fingerprint density at radius 1 is 1.29 bits per heavy atom. The fourth-order valence-electron chi connectivity index (χ4n) is 3.03. The number of hydrogen-bond acceptors (Lipinski definition) is 4. The van der Waals surface area contributed by atoms with Gasteiger partial charge in [0, 0.05) is 28.4 Å². The van der Waals surface area contributed by atoms with Crippen LogP contribution in [0.25, 0.3) is 16.6 Å². The Morgan fingerprint density at radius 3 is 2.79 bits per heavy atom. The topological polar surface area (TPSA) is 63.0 Å². The Balaban J connectivity index is 1.64. The molecule has 10 heteroatoms. The lowest BCUT2D eigenvalue weighted by atomic mass is 10.1. The van der Waals surface area contributed by atoms with Crippen LogP contribution < -0.4 is 0 Å². The maximum Gasteiger partial charge on any atom is 0.417 e. The minimum atomic E-state index is -4.55. The molecule has 0 radical (unpaired) electrons. The van der Waals surface area contributed by atoms with Gasteiger partial charge in [-0.15, -0.1) is 10.2 Å². The van der Waals surface area contributed by atoms with Crippen molar-refractivity contribution in [1.82, 2.24) is 19.6 Å². The van der Waals surface area contributed by atoms with Gasteiger partial charge in [-0.25, -0.2) is 0 Å². The number of para-hydroxylation sites is 1. The fourth-order valence-corrected chi connectivity index (χ4v) is 4.05. The van der Waals surface area contributed by atoms with E-state index in [9.17, 15) is 18.0 Å². The Morgan fingerprint density at radius 2 is 2.04 bits per heavy atom. The third-order valence-electron chi connectivity index (χ3n) is 4.26. The second-order valence-corrected chi connectivity index (χ2v) is 7.48. The van der Waals surface area contributed by atoms with Gasteiger partial charge < -0.3 is 4.98 Å². The van der Waals surface area contributed by atoms with Crippen molar-refractivity contribution in [3.8, 4) is 0 Å². The average molecular weight is 425 g/mol. The number of carbonyl (C=O) groups excluding carboxylic acids is 1. The van der Waals surface area contributed by atoms with E-state index in [1.807, 2.05) is 24.3 Å². The number of H-pyrrole nitrogens is 1. The summed E-state index contributed by atoms with van der Waals surface area (Å²) in [5.41, 5.74) is 1.34. The van der Waals surface area contributed by atoms with Crippen LogP contribution in [0.5, 0.6) is 0 Å². The first-order chi connectivity index (χ1) is 13.3. The predicted octanol–water partition coefficient (Wildman–Crippen LogP) is 5.17. The molecule has 0 spiro atoms. The van der Waals surface area contributed by atoms with Crippen LogP contribution >= 0.6 is 23.4 Å². The van der Waals surface area contributed by atoms with Gasteiger partial charge in [0.2, 0.25) is 0 Å². The van der Waals surface area contributed by atoms with Crippen molar-refractivity contribution >= 4 is 45.7 Å². The number of nitrogens with one attached hydrogen (secondary N) is 1. The molecule has 144 valence electrons. The van der Waals surface area contributed by atoms with Crippen molar-refractivity contribution in [2.45, 2.75) is 18.3 Å². The quantitative estimate of drug-likeness (QED) is 0.363. The number of hydrogen-bond donors (Lipinski definition) is 1. The molecule has 3 aromatic heterocycles. The number of ketones is 1. The maximum atomic E-state index is 13.0. The summed E-state index contributed by atoms with van der Waals surface area (Å²) in [5, 5.41) is 8.51. The molecule has 0 aliphatic rings. The summed E-state index contributed by atoms with van der Waals surface area (Å²) >= 11 is 6.92. The number of nitrogens with zero attached hydrogens (tertiary/aromatic N) is 3. The highest BCUT2D eigenvalue weighted by molar-refractivity contribution is 7.99. The zero-order valence-corrected chi connectivity index (χ0v) is 15.9. The molecule has 0 aliphatic carbocycles. The van der Waals surface area contributed by atoms with E-state index in [0.29, 0.717) is 5.56 Å². The highest BCUT2D eigenvalue weighted by atomic mass is 35.5. The van der Waals surface area contributed by atoms with Crippen molar-refractivity contribution in [2.75, 3.05) is 5.75 Å². The van der Waals surface area contributed by atoms with Crippen molar-refractivity contribution in [3.05, 3.63) is 58.4 Å². The molecular formula is C18H12ClF3N4OS. The van der Waals surface area contributed by atoms with Crippen molar-refractivity contribution in [3.63, 3.8) is 0 Å². The van der Waals surface area contributed by atoms with Crippen LogP contribution in [0.4, 0.5) is 13.2 Å². The number of aromatic amines is 1. The molecule has 0 fully saturated rings. The average Bonchev–Trinajstić information content (AvgIpc) is 3.19. The van der Waals surface area contributed by atoms with Gasteiger partial charge in [-0.2, -0.15) is 13.2 Å². The maximum absolute atomic E-state index is 13.0. The first-order valence-electron chi connectivity index (χ1n) is 8.10. The number of thioether (sulfide) groups is 1. The molecule has 0 aliphatic heterocycles. The van der Waals surface area contributed by atoms with E-state index in [-0.39, 0.29) is 27.4 Å². The van der Waals surface area contributed by atoms with E-state index in [0.717, 1.165) is 45.0 Å². The van der Waals surface area contributed by atoms with Crippen LogP contribution in [0.15, 0.2) is 41.7 Å². The van der Waals surface area contributed by atoms with Gasteiger partial charge in [0.25, 0.3) is 0 Å². The zero-order valence-electron chi connectivity index (χ0n) is 14.3. The van der Waals surface area contributed by atoms with Gasteiger partial charge in [-0.1, -0.05) is 41.6 Å². The van der Waals surface area contributed by atoms with Crippen LogP contribution in [0, 0.1) is 6.92 Å². The molecule has 0 saturated carbocycles. The van der Waals surface area contributed by atoms with E-state index in [4.69, 9.17) is 11.6 Å². The highest BCUT2D eigenvalue weighted by Crippen LogP contribution is 2.33. The van der Waals surface area contributed by atoms with Gasteiger partial charge >= 0.3 is 6.18 Å². The summed E-state index contributed by atoms with van der Waals surface area (Å²) < 4.78 is 40.3. The summed E-state index contributed by atoms with van der Waals surface area (Å²) in [4.78, 5) is 15.9. The molecule has 1 N–H and O–H groups in total. The predicted molar refractivity (Wildman–Crippen MR) is 101 cm³/mol. The SMILES string of the molecule is Cc1[nH]c2ccccc2c1C(=O)CSc1nnc2c(Cl)cc(C(F)(F)F)cn12. The van der Waals surface area contributed by atoms with Crippen LogP contribution in [0.1, 0.15) is 21.6 Å². The van der Waals surface area contributed by atoms with Gasteiger partial charge in [0.1, 0.15) is 0 Å². The van der Waals surface area contributed by atoms with Crippen molar-refractivity contribution in [1.29, 1.82) is 0 Å². The zero-order chi connectivity index (χ0) is 20.1. The number of Topliss-reactive ketones (excluding diaryl/α,β-unsaturated/α-hetero) is 1. The van der Waals surface area contributed by atoms with E-state index in [1.165, 1.54) is 0 Å². The van der Waals surface area contributed by atoms with Gasteiger partial charge in [-0.3, -0.25) is 9.20 Å². The molecule has 0 amide bonds. The second kappa shape index (κ2) is 6.82. The minimum absolute atomic E-state index is 0.00263. The van der Waals surface area contributed by atoms with E-state index < -0.39 is 11.7 Å². The standard InChI is InChI=1S/C18H12ClF3N4OS/c1-9-15(11-4-2-3-5-13(11)23-9)14(27)8-28-17-25-24-16-12(19)6-10(7-26(16)17)18(20,21)22/h2-7,23H,8H2,1H3. The molecule has 0 atom stereocenters. The molecule has 1 aromatic carbocycles. The number of halogens is 4. The fraction of sp³-hybridized carbons (Fsp3) is 0.167. The van der Waals surface area contributed by atoms with Gasteiger partial charge in [-0.05, 0) is 19.1 Å². The number of aryl methyl sites for hydroxylation is 1. The second-order valence-electron chi connectivity index (χ2n) is 6.13.